The summed E-state index contributed by atoms with van der Waals surface area (Å²) in [7, 11) is 0. The van der Waals surface area contributed by atoms with E-state index >= 15 is 0 Å². The van der Waals surface area contributed by atoms with Crippen molar-refractivity contribution in [2.75, 3.05) is 0 Å². The third-order valence-electron chi connectivity index (χ3n) is 1.66. The van der Waals surface area contributed by atoms with E-state index < -0.39 is 12.3 Å². The average Bonchev–Trinajstić information content (AvgIpc) is 1.97. The topological polar surface area (TPSA) is 0 Å². The van der Waals surface area contributed by atoms with E-state index in [2.05, 4.69) is 0 Å². The first-order chi connectivity index (χ1) is 4.29. The highest BCUT2D eigenvalue weighted by molar-refractivity contribution is 4.81. The Kier molecular flexibility index (Phi) is 2.43. The van der Waals surface area contributed by atoms with Crippen molar-refractivity contribution in [1.82, 2.24) is 0 Å². The van der Waals surface area contributed by atoms with Crippen LogP contribution in [0.4, 0.5) is 8.78 Å². The predicted octanol–water partition coefficient (Wildman–Crippen LogP) is 2.44. The van der Waals surface area contributed by atoms with Crippen molar-refractivity contribution in [3.05, 3.63) is 6.42 Å². The summed E-state index contributed by atoms with van der Waals surface area (Å²) < 4.78 is 24.8. The van der Waals surface area contributed by atoms with E-state index in [-0.39, 0.29) is 0 Å². The lowest BCUT2D eigenvalue weighted by atomic mass is 10.2. The van der Waals surface area contributed by atoms with Crippen molar-refractivity contribution in [1.29, 1.82) is 0 Å². The van der Waals surface area contributed by atoms with Crippen LogP contribution in [0, 0.1) is 6.42 Å². The number of hydrogen-bond acceptors (Lipinski definition) is 0. The molecule has 1 rings (SSSR count). The van der Waals surface area contributed by atoms with Crippen LogP contribution >= 0.6 is 0 Å². The van der Waals surface area contributed by atoms with E-state index in [1.807, 2.05) is 0 Å². The van der Waals surface area contributed by atoms with Crippen LogP contribution in [-0.2, 0) is 0 Å². The molecule has 0 aromatic rings. The second-order valence-electron chi connectivity index (χ2n) is 2.50. The Morgan fingerprint density at radius 1 is 1.11 bits per heavy atom. The largest absolute Gasteiger partial charge is 0.247 e. The van der Waals surface area contributed by atoms with E-state index in [9.17, 15) is 8.78 Å². The average molecular weight is 133 g/mol. The summed E-state index contributed by atoms with van der Waals surface area (Å²) in [6, 6.07) is 0. The standard InChI is InChI=1S/C7H11F2/c8-6-2-1-3-7(9)5-4-6/h2,6-7H,1,3-5H2. The molecule has 0 N–H and O–H groups in total. The van der Waals surface area contributed by atoms with Crippen molar-refractivity contribution in [2.45, 2.75) is 38.0 Å². The third-order valence-corrected chi connectivity index (χ3v) is 1.66. The first-order valence-electron chi connectivity index (χ1n) is 3.40. The molecular formula is C7H11F2. The van der Waals surface area contributed by atoms with Crippen LogP contribution < -0.4 is 0 Å². The first-order valence-corrected chi connectivity index (χ1v) is 3.40. The van der Waals surface area contributed by atoms with Crippen molar-refractivity contribution in [3.8, 4) is 0 Å². The molecule has 0 spiro atoms. The monoisotopic (exact) mass is 133 g/mol. The van der Waals surface area contributed by atoms with E-state index in [4.69, 9.17) is 0 Å². The van der Waals surface area contributed by atoms with Gasteiger partial charge in [-0.15, -0.1) is 0 Å². The van der Waals surface area contributed by atoms with Gasteiger partial charge < -0.3 is 0 Å². The molecule has 1 aliphatic carbocycles. The fraction of sp³-hybridized carbons (Fsp3) is 0.857. The van der Waals surface area contributed by atoms with E-state index in [1.54, 1.807) is 6.42 Å². The van der Waals surface area contributed by atoms with Crippen LogP contribution in [0.2, 0.25) is 0 Å². The van der Waals surface area contributed by atoms with E-state index in [0.717, 1.165) is 0 Å². The minimum atomic E-state index is -0.856. The van der Waals surface area contributed by atoms with Gasteiger partial charge in [0.25, 0.3) is 0 Å². The number of rotatable bonds is 0. The summed E-state index contributed by atoms with van der Waals surface area (Å²) in [5, 5.41) is 0. The zero-order chi connectivity index (χ0) is 6.69. The predicted molar refractivity (Wildman–Crippen MR) is 32.6 cm³/mol. The summed E-state index contributed by atoms with van der Waals surface area (Å²) in [5.74, 6) is 0. The molecule has 1 saturated carbocycles. The molecular weight excluding hydrogens is 122 g/mol. The molecule has 0 amide bonds. The summed E-state index contributed by atoms with van der Waals surface area (Å²) in [6.45, 7) is 0. The molecule has 2 heteroatoms. The third kappa shape index (κ3) is 2.29. The summed E-state index contributed by atoms with van der Waals surface area (Å²) in [5.41, 5.74) is 0. The summed E-state index contributed by atoms with van der Waals surface area (Å²) in [6.07, 6.45) is 1.84. The highest BCUT2D eigenvalue weighted by Gasteiger charge is 2.16. The molecule has 0 saturated heterocycles. The maximum atomic E-state index is 12.4. The van der Waals surface area contributed by atoms with Gasteiger partial charge in [0.15, 0.2) is 0 Å². The van der Waals surface area contributed by atoms with Crippen molar-refractivity contribution >= 4 is 0 Å². The maximum absolute atomic E-state index is 12.4. The van der Waals surface area contributed by atoms with Crippen molar-refractivity contribution < 1.29 is 8.78 Å². The zero-order valence-corrected chi connectivity index (χ0v) is 5.32. The molecule has 1 aliphatic rings. The van der Waals surface area contributed by atoms with Crippen LogP contribution in [0.25, 0.3) is 0 Å². The van der Waals surface area contributed by atoms with Gasteiger partial charge in [0.05, 0.1) is 0 Å². The molecule has 0 aromatic heterocycles. The van der Waals surface area contributed by atoms with Gasteiger partial charge in [-0.2, -0.15) is 0 Å². The number of hydrogen-bond donors (Lipinski definition) is 0. The summed E-state index contributed by atoms with van der Waals surface area (Å²) in [4.78, 5) is 0. The highest BCUT2D eigenvalue weighted by Crippen LogP contribution is 2.21. The SMILES string of the molecule is FC1[CH]CCC(F)CC1. The maximum Gasteiger partial charge on any atom is 0.103 e. The van der Waals surface area contributed by atoms with Gasteiger partial charge in [-0.05, 0) is 32.1 Å². The molecule has 0 heterocycles. The lowest BCUT2D eigenvalue weighted by Crippen LogP contribution is -1.98. The minimum absolute atomic E-state index is 0.376. The molecule has 2 unspecified atom stereocenters. The van der Waals surface area contributed by atoms with Gasteiger partial charge >= 0.3 is 0 Å². The van der Waals surface area contributed by atoms with Crippen molar-refractivity contribution in [3.63, 3.8) is 0 Å². The van der Waals surface area contributed by atoms with Crippen LogP contribution in [0.5, 0.6) is 0 Å². The van der Waals surface area contributed by atoms with Crippen LogP contribution in [0.3, 0.4) is 0 Å². The van der Waals surface area contributed by atoms with E-state index in [1.165, 1.54) is 0 Å². The Balaban J connectivity index is 2.25. The number of alkyl halides is 2. The van der Waals surface area contributed by atoms with Gasteiger partial charge in [0.1, 0.15) is 12.3 Å². The zero-order valence-electron chi connectivity index (χ0n) is 5.32. The Labute approximate surface area is 54.3 Å². The lowest BCUT2D eigenvalue weighted by molar-refractivity contribution is 0.282. The van der Waals surface area contributed by atoms with Gasteiger partial charge in [0, 0.05) is 0 Å². The van der Waals surface area contributed by atoms with Crippen LogP contribution in [0.15, 0.2) is 0 Å². The van der Waals surface area contributed by atoms with E-state index in [0.29, 0.717) is 25.7 Å². The van der Waals surface area contributed by atoms with Gasteiger partial charge in [-0.25, -0.2) is 8.78 Å². The van der Waals surface area contributed by atoms with Crippen LogP contribution in [-0.4, -0.2) is 12.3 Å². The molecule has 0 aliphatic heterocycles. The lowest BCUT2D eigenvalue weighted by Gasteiger charge is -2.00. The molecule has 0 nitrogen and oxygen atoms in total. The molecule has 0 aromatic carbocycles. The first kappa shape index (κ1) is 6.97. The Hall–Kier alpha value is -0.140. The van der Waals surface area contributed by atoms with Crippen molar-refractivity contribution in [2.24, 2.45) is 0 Å². The molecule has 0 bridgehead atoms. The fourth-order valence-corrected chi connectivity index (χ4v) is 1.06. The number of halogens is 2. The van der Waals surface area contributed by atoms with Gasteiger partial charge in [-0.3, -0.25) is 0 Å². The highest BCUT2D eigenvalue weighted by atomic mass is 19.1. The second-order valence-corrected chi connectivity index (χ2v) is 2.50. The Morgan fingerprint density at radius 2 is 1.89 bits per heavy atom. The Morgan fingerprint density at radius 3 is 2.67 bits per heavy atom. The quantitative estimate of drug-likeness (QED) is 0.445. The molecule has 1 radical (unpaired) electrons. The second kappa shape index (κ2) is 3.14. The molecule has 2 atom stereocenters. The normalized spacial score (nSPS) is 38.0. The molecule has 9 heavy (non-hydrogen) atoms. The molecule has 1 fully saturated rings. The Bertz CT molecular complexity index is 73.0. The minimum Gasteiger partial charge on any atom is -0.247 e. The summed E-state index contributed by atoms with van der Waals surface area (Å²) >= 11 is 0. The van der Waals surface area contributed by atoms with Gasteiger partial charge in [-0.1, -0.05) is 0 Å². The smallest absolute Gasteiger partial charge is 0.103 e. The fourth-order valence-electron chi connectivity index (χ4n) is 1.06. The van der Waals surface area contributed by atoms with Gasteiger partial charge in [0.2, 0.25) is 0 Å². The molecule has 53 valence electrons. The van der Waals surface area contributed by atoms with Crippen LogP contribution in [0.1, 0.15) is 25.7 Å².